The maximum Gasteiger partial charge on any atom is 0.220 e. The summed E-state index contributed by atoms with van der Waals surface area (Å²) in [6, 6.07) is 3.84. The highest BCUT2D eigenvalue weighted by atomic mass is 35.5. The van der Waals surface area contributed by atoms with Gasteiger partial charge in [-0.3, -0.25) is 4.79 Å². The highest BCUT2D eigenvalue weighted by Crippen LogP contribution is 2.22. The average Bonchev–Trinajstić information content (AvgIpc) is 2.68. The zero-order chi connectivity index (χ0) is 11.8. The van der Waals surface area contributed by atoms with Crippen LogP contribution in [0.4, 0.5) is 0 Å². The number of rotatable bonds is 7. The molecule has 0 atom stereocenters. The van der Waals surface area contributed by atoms with Crippen LogP contribution in [0.25, 0.3) is 0 Å². The number of carbonyl (C=O) groups excluding carboxylic acids is 1. The van der Waals surface area contributed by atoms with Gasteiger partial charge in [-0.1, -0.05) is 11.6 Å². The molecule has 0 bridgehead atoms. The number of nitrogens with one attached hydrogen (secondary N) is 2. The minimum atomic E-state index is 0.112. The molecule has 5 heteroatoms. The van der Waals surface area contributed by atoms with Crippen LogP contribution in [0.5, 0.6) is 0 Å². The van der Waals surface area contributed by atoms with Gasteiger partial charge in [0.15, 0.2) is 0 Å². The Kier molecular flexibility index (Phi) is 6.45. The lowest BCUT2D eigenvalue weighted by molar-refractivity contribution is -0.121. The van der Waals surface area contributed by atoms with Crippen molar-refractivity contribution in [2.75, 3.05) is 20.1 Å². The Bertz CT molecular complexity index is 328. The quantitative estimate of drug-likeness (QED) is 0.737. The van der Waals surface area contributed by atoms with E-state index in [1.54, 1.807) is 0 Å². The van der Waals surface area contributed by atoms with E-state index in [2.05, 4.69) is 10.6 Å². The Hall–Kier alpha value is -0.580. The van der Waals surface area contributed by atoms with Crippen molar-refractivity contribution in [3.63, 3.8) is 0 Å². The summed E-state index contributed by atoms with van der Waals surface area (Å²) in [7, 11) is 1.91. The van der Waals surface area contributed by atoms with Gasteiger partial charge in [0.2, 0.25) is 5.91 Å². The molecule has 0 radical (unpaired) electrons. The van der Waals surface area contributed by atoms with E-state index < -0.39 is 0 Å². The Morgan fingerprint density at radius 1 is 1.44 bits per heavy atom. The number of aryl methyl sites for hydroxylation is 1. The molecule has 1 aromatic heterocycles. The Morgan fingerprint density at radius 2 is 2.25 bits per heavy atom. The lowest BCUT2D eigenvalue weighted by Gasteiger charge is -2.03. The fourth-order valence-electron chi connectivity index (χ4n) is 1.30. The average molecular weight is 261 g/mol. The van der Waals surface area contributed by atoms with E-state index in [9.17, 15) is 4.79 Å². The molecule has 0 spiro atoms. The van der Waals surface area contributed by atoms with Crippen molar-refractivity contribution in [2.24, 2.45) is 0 Å². The summed E-state index contributed by atoms with van der Waals surface area (Å²) in [6.45, 7) is 1.67. The van der Waals surface area contributed by atoms with Crippen LogP contribution < -0.4 is 10.6 Å². The third kappa shape index (κ3) is 5.49. The number of amides is 1. The van der Waals surface area contributed by atoms with Crippen LogP contribution in [-0.2, 0) is 11.2 Å². The summed E-state index contributed by atoms with van der Waals surface area (Å²) >= 11 is 7.34. The first-order valence-electron chi connectivity index (χ1n) is 5.38. The predicted molar refractivity (Wildman–Crippen MR) is 69.2 cm³/mol. The number of hydrogen-bond donors (Lipinski definition) is 2. The van der Waals surface area contributed by atoms with Crippen molar-refractivity contribution in [1.29, 1.82) is 0 Å². The van der Waals surface area contributed by atoms with Crippen LogP contribution in [-0.4, -0.2) is 26.0 Å². The molecule has 1 heterocycles. The van der Waals surface area contributed by atoms with E-state index in [1.165, 1.54) is 11.3 Å². The van der Waals surface area contributed by atoms with Crippen molar-refractivity contribution >= 4 is 28.8 Å². The second kappa shape index (κ2) is 7.65. The van der Waals surface area contributed by atoms with Gasteiger partial charge in [-0.2, -0.15) is 0 Å². The molecule has 0 fully saturated rings. The summed E-state index contributed by atoms with van der Waals surface area (Å²) in [5, 5.41) is 5.92. The van der Waals surface area contributed by atoms with Gasteiger partial charge in [0.1, 0.15) is 0 Å². The molecule has 16 heavy (non-hydrogen) atoms. The van der Waals surface area contributed by atoms with Gasteiger partial charge in [0.05, 0.1) is 4.34 Å². The topological polar surface area (TPSA) is 41.1 Å². The van der Waals surface area contributed by atoms with Gasteiger partial charge in [-0.05, 0) is 38.6 Å². The van der Waals surface area contributed by atoms with Crippen LogP contribution in [0.3, 0.4) is 0 Å². The molecular formula is C11H17ClN2OS. The number of halogens is 1. The summed E-state index contributed by atoms with van der Waals surface area (Å²) < 4.78 is 0.782. The van der Waals surface area contributed by atoms with Crippen LogP contribution in [0.1, 0.15) is 17.7 Å². The van der Waals surface area contributed by atoms with Crippen LogP contribution >= 0.6 is 22.9 Å². The molecule has 0 unspecified atom stereocenters. The lowest BCUT2D eigenvalue weighted by atomic mass is 10.2. The minimum absolute atomic E-state index is 0.112. The lowest BCUT2D eigenvalue weighted by Crippen LogP contribution is -2.26. The third-order valence-corrected chi connectivity index (χ3v) is 3.44. The number of thiophene rings is 1. The van der Waals surface area contributed by atoms with E-state index in [1.807, 2.05) is 19.2 Å². The van der Waals surface area contributed by atoms with Crippen LogP contribution in [0.15, 0.2) is 12.1 Å². The molecule has 2 N–H and O–H groups in total. The van der Waals surface area contributed by atoms with E-state index >= 15 is 0 Å². The van der Waals surface area contributed by atoms with E-state index in [0.29, 0.717) is 6.42 Å². The summed E-state index contributed by atoms with van der Waals surface area (Å²) in [5.41, 5.74) is 0. The standard InChI is InChI=1S/C11H17ClN2OS/c1-13-7-2-8-14-11(15)6-4-9-3-5-10(12)16-9/h3,5,13H,2,4,6-8H2,1H3,(H,14,15). The van der Waals surface area contributed by atoms with E-state index in [4.69, 9.17) is 11.6 Å². The van der Waals surface area contributed by atoms with E-state index in [-0.39, 0.29) is 5.91 Å². The molecule has 0 saturated heterocycles. The molecule has 0 aliphatic carbocycles. The minimum Gasteiger partial charge on any atom is -0.356 e. The van der Waals surface area contributed by atoms with Gasteiger partial charge in [-0.15, -0.1) is 11.3 Å². The second-order valence-electron chi connectivity index (χ2n) is 3.51. The molecule has 3 nitrogen and oxygen atoms in total. The molecule has 0 aromatic carbocycles. The highest BCUT2D eigenvalue weighted by molar-refractivity contribution is 7.16. The molecule has 0 saturated carbocycles. The second-order valence-corrected chi connectivity index (χ2v) is 5.31. The van der Waals surface area contributed by atoms with Crippen molar-refractivity contribution in [1.82, 2.24) is 10.6 Å². The van der Waals surface area contributed by atoms with Gasteiger partial charge in [0.25, 0.3) is 0 Å². The maximum absolute atomic E-state index is 11.4. The third-order valence-electron chi connectivity index (χ3n) is 2.15. The number of hydrogen-bond acceptors (Lipinski definition) is 3. The first kappa shape index (κ1) is 13.5. The van der Waals surface area contributed by atoms with Crippen molar-refractivity contribution in [3.05, 3.63) is 21.3 Å². The van der Waals surface area contributed by atoms with Gasteiger partial charge in [-0.25, -0.2) is 0 Å². The Morgan fingerprint density at radius 3 is 2.88 bits per heavy atom. The van der Waals surface area contributed by atoms with Crippen molar-refractivity contribution in [2.45, 2.75) is 19.3 Å². The number of carbonyl (C=O) groups is 1. The molecule has 0 aliphatic rings. The molecule has 90 valence electrons. The fraction of sp³-hybridized carbons (Fsp3) is 0.545. The zero-order valence-electron chi connectivity index (χ0n) is 9.38. The zero-order valence-corrected chi connectivity index (χ0v) is 11.0. The predicted octanol–water partition coefficient (Wildman–Crippen LogP) is 2.06. The monoisotopic (exact) mass is 260 g/mol. The van der Waals surface area contributed by atoms with Crippen molar-refractivity contribution in [3.8, 4) is 0 Å². The first-order chi connectivity index (χ1) is 7.72. The summed E-state index contributed by atoms with van der Waals surface area (Å²) in [6.07, 6.45) is 2.28. The fourth-order valence-corrected chi connectivity index (χ4v) is 2.39. The molecule has 1 rings (SSSR count). The molecule has 0 aliphatic heterocycles. The highest BCUT2D eigenvalue weighted by Gasteiger charge is 2.03. The van der Waals surface area contributed by atoms with Gasteiger partial charge in [0, 0.05) is 17.8 Å². The molecule has 1 amide bonds. The molecular weight excluding hydrogens is 244 g/mol. The first-order valence-corrected chi connectivity index (χ1v) is 6.57. The smallest absolute Gasteiger partial charge is 0.220 e. The Labute approximate surface area is 105 Å². The van der Waals surface area contributed by atoms with Crippen molar-refractivity contribution < 1.29 is 4.79 Å². The maximum atomic E-state index is 11.4. The summed E-state index contributed by atoms with van der Waals surface area (Å²) in [5.74, 6) is 0.112. The summed E-state index contributed by atoms with van der Waals surface area (Å²) in [4.78, 5) is 12.6. The largest absolute Gasteiger partial charge is 0.356 e. The van der Waals surface area contributed by atoms with Crippen LogP contribution in [0.2, 0.25) is 4.34 Å². The van der Waals surface area contributed by atoms with Gasteiger partial charge < -0.3 is 10.6 Å². The van der Waals surface area contributed by atoms with E-state index in [0.717, 1.165) is 35.1 Å². The van der Waals surface area contributed by atoms with Crippen LogP contribution in [0, 0.1) is 0 Å². The molecule has 1 aromatic rings. The normalized spacial score (nSPS) is 10.4. The SMILES string of the molecule is CNCCCNC(=O)CCc1ccc(Cl)s1. The van der Waals surface area contributed by atoms with Gasteiger partial charge >= 0.3 is 0 Å². The Balaban J connectivity index is 2.10.